The summed E-state index contributed by atoms with van der Waals surface area (Å²) in [6.45, 7) is 1.42. The molecule has 236 valence electrons. The van der Waals surface area contributed by atoms with E-state index >= 15 is 0 Å². The van der Waals surface area contributed by atoms with Gasteiger partial charge in [-0.1, -0.05) is 48.5 Å². The molecule has 46 heavy (non-hydrogen) atoms. The number of likely N-dealkylation sites (N-methyl/N-ethyl adjacent to an activating group) is 1. The van der Waals surface area contributed by atoms with E-state index in [0.29, 0.717) is 22.6 Å². The molecular weight excluding hydrogens is 592 g/mol. The van der Waals surface area contributed by atoms with Crippen LogP contribution in [-0.4, -0.2) is 73.6 Å². The van der Waals surface area contributed by atoms with Crippen LogP contribution >= 0.6 is 0 Å². The summed E-state index contributed by atoms with van der Waals surface area (Å²) in [5.41, 5.74) is -4.67. The quantitative estimate of drug-likeness (QED) is 0.237. The lowest BCUT2D eigenvalue weighted by Crippen LogP contribution is -2.67. The van der Waals surface area contributed by atoms with Gasteiger partial charge in [-0.15, -0.1) is 0 Å². The summed E-state index contributed by atoms with van der Waals surface area (Å²) in [6.07, 6.45) is -0.224. The third-order valence-corrected chi connectivity index (χ3v) is 9.96. The summed E-state index contributed by atoms with van der Waals surface area (Å²) in [4.78, 5) is 44.1. The summed E-state index contributed by atoms with van der Waals surface area (Å²) in [5.74, 6) is -6.68. The van der Waals surface area contributed by atoms with E-state index in [4.69, 9.17) is 4.74 Å². The second-order valence-electron chi connectivity index (χ2n) is 12.7. The fourth-order valence-electron chi connectivity index (χ4n) is 7.75. The Labute approximate surface area is 263 Å². The SMILES string of the molecule is CN(C)[C@@H]1C(=O)C(C(=O)NC2c3ccccc3Oc3ccccc32)=C(O)[C@]2(O)C(=O)C3=C(O)c4c(O)cccc4[C@](C)(O)[C@@H]3C[C@@H]12. The number of aliphatic hydroxyl groups is 4. The molecule has 0 bridgehead atoms. The normalized spacial score (nSPS) is 28.5. The van der Waals surface area contributed by atoms with Crippen LogP contribution in [0.2, 0.25) is 0 Å². The number of para-hydroxylation sites is 2. The third-order valence-electron chi connectivity index (χ3n) is 9.96. The Morgan fingerprint density at radius 1 is 0.913 bits per heavy atom. The van der Waals surface area contributed by atoms with E-state index < -0.39 is 81.0 Å². The number of amides is 1. The van der Waals surface area contributed by atoms with Gasteiger partial charge in [0.05, 0.1) is 23.2 Å². The highest BCUT2D eigenvalue weighted by Crippen LogP contribution is 2.57. The first-order valence-corrected chi connectivity index (χ1v) is 14.9. The van der Waals surface area contributed by atoms with Crippen molar-refractivity contribution >= 4 is 23.2 Å². The van der Waals surface area contributed by atoms with Crippen LogP contribution in [-0.2, 0) is 20.0 Å². The van der Waals surface area contributed by atoms with E-state index in [2.05, 4.69) is 5.32 Å². The summed E-state index contributed by atoms with van der Waals surface area (Å²) < 4.78 is 6.00. The fraction of sp³-hybridized carbons (Fsp3) is 0.286. The first-order chi connectivity index (χ1) is 21.8. The zero-order valence-corrected chi connectivity index (χ0v) is 25.2. The predicted molar refractivity (Wildman–Crippen MR) is 164 cm³/mol. The van der Waals surface area contributed by atoms with Crippen molar-refractivity contribution in [3.63, 3.8) is 0 Å². The highest BCUT2D eigenvalue weighted by atomic mass is 16.5. The third kappa shape index (κ3) is 3.85. The lowest BCUT2D eigenvalue weighted by atomic mass is 9.54. The summed E-state index contributed by atoms with van der Waals surface area (Å²) in [7, 11) is 3.09. The average Bonchev–Trinajstić information content (AvgIpc) is 3.01. The number of Topliss-reactive ketones (excluding diaryl/α,β-unsaturated/α-hetero) is 2. The molecule has 7 rings (SSSR count). The van der Waals surface area contributed by atoms with Crippen LogP contribution in [0.15, 0.2) is 83.6 Å². The van der Waals surface area contributed by atoms with Crippen molar-refractivity contribution in [1.29, 1.82) is 0 Å². The molecule has 6 N–H and O–H groups in total. The molecule has 1 aliphatic heterocycles. The second kappa shape index (κ2) is 10.0. The number of phenolic OH excluding ortho intramolecular Hbond substituents is 1. The van der Waals surface area contributed by atoms with E-state index in [0.717, 1.165) is 0 Å². The summed E-state index contributed by atoms with van der Waals surface area (Å²) in [5, 5.41) is 60.4. The molecule has 3 aromatic carbocycles. The van der Waals surface area contributed by atoms with Gasteiger partial charge >= 0.3 is 0 Å². The minimum atomic E-state index is -2.82. The van der Waals surface area contributed by atoms with Crippen LogP contribution in [0.25, 0.3) is 5.76 Å². The standard InChI is InChI=1S/C35H32N2O9/c1-34(44)18-11-8-12-21(38)24(18)29(39)25-19(34)15-20-28(37(2)3)30(40)26(32(42)35(20,45)31(25)41)33(43)36-27-16-9-4-6-13-22(16)46-23-14-7-5-10-17(23)27/h4-14,19-20,27-28,38-39,42,44-45H,15H2,1-3H3,(H,36,43)/t19-,20+,28+,34+,35-/m1/s1. The fourth-order valence-corrected chi connectivity index (χ4v) is 7.75. The molecule has 0 aromatic heterocycles. The van der Waals surface area contributed by atoms with Crippen molar-refractivity contribution in [2.24, 2.45) is 11.8 Å². The largest absolute Gasteiger partial charge is 0.508 e. The maximum atomic E-state index is 14.4. The Kier molecular flexibility index (Phi) is 6.47. The van der Waals surface area contributed by atoms with Crippen molar-refractivity contribution in [1.82, 2.24) is 10.2 Å². The first kappa shape index (κ1) is 29.7. The molecule has 0 saturated heterocycles. The molecule has 11 nitrogen and oxygen atoms in total. The van der Waals surface area contributed by atoms with E-state index in [1.54, 1.807) is 62.6 Å². The molecule has 1 fully saturated rings. The van der Waals surface area contributed by atoms with E-state index in [9.17, 15) is 39.9 Å². The van der Waals surface area contributed by atoms with E-state index in [1.165, 1.54) is 30.0 Å². The molecule has 3 aromatic rings. The van der Waals surface area contributed by atoms with E-state index in [1.807, 2.05) is 0 Å². The molecule has 11 heteroatoms. The number of ketones is 2. The van der Waals surface area contributed by atoms with Crippen molar-refractivity contribution in [2.75, 3.05) is 14.1 Å². The number of aliphatic hydroxyl groups excluding tert-OH is 2. The van der Waals surface area contributed by atoms with Crippen molar-refractivity contribution in [3.8, 4) is 17.2 Å². The van der Waals surface area contributed by atoms with Crippen molar-refractivity contribution < 1.29 is 44.7 Å². The molecule has 1 heterocycles. The zero-order chi connectivity index (χ0) is 32.9. The van der Waals surface area contributed by atoms with Crippen LogP contribution in [0.5, 0.6) is 17.2 Å². The number of carbonyl (C=O) groups excluding carboxylic acids is 3. The van der Waals surface area contributed by atoms with Gasteiger partial charge in [0.2, 0.25) is 5.78 Å². The van der Waals surface area contributed by atoms with Gasteiger partial charge in [-0.05, 0) is 51.2 Å². The molecule has 0 radical (unpaired) electrons. The molecular formula is C35H32N2O9. The molecule has 0 unspecified atom stereocenters. The topological polar surface area (TPSA) is 177 Å². The monoisotopic (exact) mass is 624 g/mol. The Morgan fingerprint density at radius 3 is 2.13 bits per heavy atom. The first-order valence-electron chi connectivity index (χ1n) is 14.9. The van der Waals surface area contributed by atoms with Gasteiger partial charge in [-0.25, -0.2) is 0 Å². The van der Waals surface area contributed by atoms with Gasteiger partial charge in [0.25, 0.3) is 5.91 Å². The van der Waals surface area contributed by atoms with Crippen molar-refractivity contribution in [3.05, 3.63) is 106 Å². The highest BCUT2D eigenvalue weighted by Gasteiger charge is 2.66. The minimum absolute atomic E-state index is 0.164. The minimum Gasteiger partial charge on any atom is -0.508 e. The summed E-state index contributed by atoms with van der Waals surface area (Å²) in [6, 6.07) is 16.2. The number of benzene rings is 3. The van der Waals surface area contributed by atoms with Crippen LogP contribution in [0.1, 0.15) is 41.6 Å². The Balaban J connectivity index is 1.37. The van der Waals surface area contributed by atoms with Gasteiger partial charge in [0.1, 0.15) is 34.3 Å². The number of hydrogen-bond acceptors (Lipinski definition) is 10. The molecule has 1 amide bonds. The number of aromatic hydroxyl groups is 1. The number of fused-ring (bicyclic) bond motifs is 5. The van der Waals surface area contributed by atoms with Gasteiger partial charge in [0.15, 0.2) is 11.4 Å². The number of phenols is 1. The van der Waals surface area contributed by atoms with Gasteiger partial charge < -0.3 is 35.6 Å². The number of hydrogen-bond donors (Lipinski definition) is 6. The van der Waals surface area contributed by atoms with Crippen LogP contribution in [0, 0.1) is 11.8 Å². The number of rotatable bonds is 3. The lowest BCUT2D eigenvalue weighted by molar-refractivity contribution is -0.159. The molecule has 3 aliphatic carbocycles. The maximum absolute atomic E-state index is 14.4. The smallest absolute Gasteiger partial charge is 0.259 e. The zero-order valence-electron chi connectivity index (χ0n) is 25.2. The Bertz CT molecular complexity index is 1880. The molecule has 1 saturated carbocycles. The summed E-state index contributed by atoms with van der Waals surface area (Å²) >= 11 is 0. The highest BCUT2D eigenvalue weighted by molar-refractivity contribution is 6.25. The van der Waals surface area contributed by atoms with Crippen LogP contribution in [0.4, 0.5) is 0 Å². The van der Waals surface area contributed by atoms with Gasteiger partial charge in [-0.3, -0.25) is 19.3 Å². The van der Waals surface area contributed by atoms with Crippen molar-refractivity contribution in [2.45, 2.75) is 36.6 Å². The van der Waals surface area contributed by atoms with E-state index in [-0.39, 0.29) is 17.5 Å². The van der Waals surface area contributed by atoms with Gasteiger partial charge in [0, 0.05) is 28.5 Å². The predicted octanol–water partition coefficient (Wildman–Crippen LogP) is 3.16. The molecule has 5 atom stereocenters. The molecule has 4 aliphatic rings. The Morgan fingerprint density at radius 2 is 1.52 bits per heavy atom. The lowest BCUT2D eigenvalue weighted by Gasteiger charge is -2.53. The number of nitrogens with one attached hydrogen (secondary N) is 1. The van der Waals surface area contributed by atoms with Crippen LogP contribution < -0.4 is 10.1 Å². The van der Waals surface area contributed by atoms with Gasteiger partial charge in [-0.2, -0.15) is 0 Å². The second-order valence-corrected chi connectivity index (χ2v) is 12.7. The maximum Gasteiger partial charge on any atom is 0.259 e. The molecule has 0 spiro atoms. The number of ether oxygens (including phenoxy) is 1. The number of carbonyl (C=O) groups is 3. The van der Waals surface area contributed by atoms with Crippen LogP contribution in [0.3, 0.4) is 0 Å². The Hall–Kier alpha value is -4.97. The number of nitrogens with zero attached hydrogens (tertiary/aromatic N) is 1. The average molecular weight is 625 g/mol.